The molecule has 0 atom stereocenters. The molecule has 0 bridgehead atoms. The number of benzene rings is 2. The number of nitrogens with zero attached hydrogens (tertiary/aromatic N) is 2. The molecule has 30 heavy (non-hydrogen) atoms. The summed E-state index contributed by atoms with van der Waals surface area (Å²) < 4.78 is 10.8. The molecule has 0 spiro atoms. The molecule has 1 aromatic heterocycles. The van der Waals surface area contributed by atoms with Gasteiger partial charge in [-0.05, 0) is 31.2 Å². The first-order valence-corrected chi connectivity index (χ1v) is 10.7. The molecule has 156 valence electrons. The van der Waals surface area contributed by atoms with Crippen molar-refractivity contribution < 1.29 is 14.3 Å². The number of esters is 1. The topological polar surface area (TPSA) is 72.8 Å². The van der Waals surface area contributed by atoms with Crippen molar-refractivity contribution in [1.82, 2.24) is 4.98 Å². The zero-order valence-electron chi connectivity index (χ0n) is 16.1. The number of para-hydroxylation sites is 1. The summed E-state index contributed by atoms with van der Waals surface area (Å²) in [5, 5.41) is 7.69. The van der Waals surface area contributed by atoms with Crippen LogP contribution in [0.5, 0.6) is 5.75 Å². The Kier molecular flexibility index (Phi) is 8.07. The second kappa shape index (κ2) is 11.0. The first-order valence-electron chi connectivity index (χ1n) is 9.10. The fourth-order valence-corrected chi connectivity index (χ4v) is 3.66. The van der Waals surface area contributed by atoms with Gasteiger partial charge < -0.3 is 9.47 Å². The third-order valence-electron chi connectivity index (χ3n) is 3.90. The van der Waals surface area contributed by atoms with Gasteiger partial charge in [-0.1, -0.05) is 41.4 Å². The molecular weight excluding hydrogens is 445 g/mol. The third-order valence-corrected chi connectivity index (χ3v) is 5.40. The van der Waals surface area contributed by atoms with Crippen LogP contribution in [0.1, 0.15) is 23.7 Å². The first-order chi connectivity index (χ1) is 14.6. The standard InChI is InChI=1S/C21H19Cl2N3O3S/c1-2-28-20(27)10-15-13-30-21(25-15)26-24-11-14-6-3-4-9-19(14)29-12-16-17(22)7-5-8-18(16)23/h3-9,11,13H,2,10,12H2,1H3,(H,25,26). The zero-order valence-corrected chi connectivity index (χ0v) is 18.4. The maximum atomic E-state index is 11.5. The van der Waals surface area contributed by atoms with Crippen molar-refractivity contribution in [2.45, 2.75) is 20.0 Å². The van der Waals surface area contributed by atoms with E-state index in [1.807, 2.05) is 24.3 Å². The van der Waals surface area contributed by atoms with E-state index in [0.29, 0.717) is 33.2 Å². The van der Waals surface area contributed by atoms with E-state index in [1.165, 1.54) is 11.3 Å². The largest absolute Gasteiger partial charge is 0.488 e. The Morgan fingerprint density at radius 2 is 1.97 bits per heavy atom. The number of halogens is 2. The average molecular weight is 464 g/mol. The summed E-state index contributed by atoms with van der Waals surface area (Å²) in [4.78, 5) is 15.8. The third kappa shape index (κ3) is 6.19. The molecule has 0 fully saturated rings. The van der Waals surface area contributed by atoms with Crippen molar-refractivity contribution in [3.63, 3.8) is 0 Å². The normalized spacial score (nSPS) is 10.9. The molecule has 0 saturated carbocycles. The molecule has 3 aromatic rings. The van der Waals surface area contributed by atoms with Crippen LogP contribution in [0, 0.1) is 0 Å². The Morgan fingerprint density at radius 3 is 2.73 bits per heavy atom. The van der Waals surface area contributed by atoms with Crippen LogP contribution < -0.4 is 10.2 Å². The number of carbonyl (C=O) groups excluding carboxylic acids is 1. The number of hydrogen-bond acceptors (Lipinski definition) is 7. The quantitative estimate of drug-likeness (QED) is 0.254. The molecule has 0 amide bonds. The number of thiazole rings is 1. The number of nitrogens with one attached hydrogen (secondary N) is 1. The Bertz CT molecular complexity index is 1020. The van der Waals surface area contributed by atoms with E-state index >= 15 is 0 Å². The van der Waals surface area contributed by atoms with Gasteiger partial charge in [0.1, 0.15) is 12.4 Å². The molecule has 6 nitrogen and oxygen atoms in total. The van der Waals surface area contributed by atoms with Crippen LogP contribution in [0.25, 0.3) is 0 Å². The first kappa shape index (κ1) is 22.1. The fraction of sp³-hybridized carbons (Fsp3) is 0.190. The molecule has 2 aromatic carbocycles. The highest BCUT2D eigenvalue weighted by Gasteiger charge is 2.09. The van der Waals surface area contributed by atoms with Crippen LogP contribution in [-0.2, 0) is 22.6 Å². The van der Waals surface area contributed by atoms with Crippen LogP contribution in [0.3, 0.4) is 0 Å². The number of hydrazone groups is 1. The second-order valence-corrected chi connectivity index (χ2v) is 7.70. The SMILES string of the molecule is CCOC(=O)Cc1csc(NN=Cc2ccccc2OCc2c(Cl)cccc2Cl)n1. The highest BCUT2D eigenvalue weighted by molar-refractivity contribution is 7.13. The van der Waals surface area contributed by atoms with Gasteiger partial charge in [-0.25, -0.2) is 4.98 Å². The second-order valence-electron chi connectivity index (χ2n) is 6.02. The lowest BCUT2D eigenvalue weighted by Crippen LogP contribution is -2.07. The summed E-state index contributed by atoms with van der Waals surface area (Å²) in [6.45, 7) is 2.36. The lowest BCUT2D eigenvalue weighted by atomic mass is 10.2. The Morgan fingerprint density at radius 1 is 1.20 bits per heavy atom. The molecule has 0 aliphatic rings. The Labute approximate surface area is 188 Å². The van der Waals surface area contributed by atoms with Crippen LogP contribution in [-0.4, -0.2) is 23.8 Å². The van der Waals surface area contributed by atoms with Crippen LogP contribution in [0.4, 0.5) is 5.13 Å². The minimum absolute atomic E-state index is 0.136. The van der Waals surface area contributed by atoms with Crippen LogP contribution in [0.2, 0.25) is 10.0 Å². The van der Waals surface area contributed by atoms with E-state index < -0.39 is 0 Å². The smallest absolute Gasteiger partial charge is 0.311 e. The van der Waals surface area contributed by atoms with Crippen molar-refractivity contribution in [3.8, 4) is 5.75 Å². The monoisotopic (exact) mass is 463 g/mol. The van der Waals surface area contributed by atoms with Crippen LogP contribution >= 0.6 is 34.5 Å². The predicted octanol–water partition coefficient (Wildman–Crippen LogP) is 5.58. The summed E-state index contributed by atoms with van der Waals surface area (Å²) in [5.74, 6) is 0.337. The van der Waals surface area contributed by atoms with Gasteiger partial charge in [0.25, 0.3) is 0 Å². The molecule has 9 heteroatoms. The lowest BCUT2D eigenvalue weighted by Gasteiger charge is -2.11. The number of aromatic nitrogens is 1. The highest BCUT2D eigenvalue weighted by atomic mass is 35.5. The summed E-state index contributed by atoms with van der Waals surface area (Å²) in [6, 6.07) is 12.8. The minimum atomic E-state index is -0.303. The number of ether oxygens (including phenoxy) is 2. The van der Waals surface area contributed by atoms with Crippen molar-refractivity contribution in [1.29, 1.82) is 0 Å². The molecule has 0 unspecified atom stereocenters. The molecule has 1 N–H and O–H groups in total. The van der Waals surface area contributed by atoms with Gasteiger partial charge in [0, 0.05) is 26.6 Å². The van der Waals surface area contributed by atoms with Gasteiger partial charge in [-0.15, -0.1) is 11.3 Å². The molecule has 0 aliphatic carbocycles. The van der Waals surface area contributed by atoms with Gasteiger partial charge in [-0.3, -0.25) is 10.2 Å². The predicted molar refractivity (Wildman–Crippen MR) is 121 cm³/mol. The maximum absolute atomic E-state index is 11.5. The van der Waals surface area contributed by atoms with Crippen molar-refractivity contribution in [3.05, 3.63) is 74.7 Å². The van der Waals surface area contributed by atoms with Gasteiger partial charge in [0.05, 0.1) is 24.9 Å². The van der Waals surface area contributed by atoms with E-state index in [-0.39, 0.29) is 19.0 Å². The summed E-state index contributed by atoms with van der Waals surface area (Å²) in [5.41, 5.74) is 5.00. The van der Waals surface area contributed by atoms with E-state index in [2.05, 4.69) is 15.5 Å². The number of carbonyl (C=O) groups is 1. The van der Waals surface area contributed by atoms with Crippen LogP contribution in [0.15, 0.2) is 52.9 Å². The molecule has 1 heterocycles. The maximum Gasteiger partial charge on any atom is 0.311 e. The summed E-state index contributed by atoms with van der Waals surface area (Å²) >= 11 is 13.8. The molecular formula is C21H19Cl2N3O3S. The Hall–Kier alpha value is -2.61. The van der Waals surface area contributed by atoms with Gasteiger partial charge in [-0.2, -0.15) is 5.10 Å². The zero-order chi connectivity index (χ0) is 21.3. The lowest BCUT2D eigenvalue weighted by molar-refractivity contribution is -0.142. The van der Waals surface area contributed by atoms with E-state index in [4.69, 9.17) is 32.7 Å². The molecule has 0 aliphatic heterocycles. The summed E-state index contributed by atoms with van der Waals surface area (Å²) in [6.07, 6.45) is 1.77. The molecule has 0 radical (unpaired) electrons. The fourth-order valence-electron chi connectivity index (χ4n) is 2.50. The average Bonchev–Trinajstić information content (AvgIpc) is 3.16. The van der Waals surface area contributed by atoms with Crippen molar-refractivity contribution in [2.24, 2.45) is 5.10 Å². The van der Waals surface area contributed by atoms with Gasteiger partial charge in [0.2, 0.25) is 5.13 Å². The molecule has 3 rings (SSSR count). The van der Waals surface area contributed by atoms with E-state index in [9.17, 15) is 4.79 Å². The van der Waals surface area contributed by atoms with Crippen molar-refractivity contribution >= 4 is 51.9 Å². The van der Waals surface area contributed by atoms with Crippen molar-refractivity contribution in [2.75, 3.05) is 12.0 Å². The Balaban J connectivity index is 1.61. The minimum Gasteiger partial charge on any atom is -0.488 e. The summed E-state index contributed by atoms with van der Waals surface area (Å²) in [7, 11) is 0. The highest BCUT2D eigenvalue weighted by Crippen LogP contribution is 2.26. The number of anilines is 1. The van der Waals surface area contributed by atoms with E-state index in [1.54, 1.807) is 36.7 Å². The number of hydrogen-bond donors (Lipinski definition) is 1. The van der Waals surface area contributed by atoms with E-state index in [0.717, 1.165) is 11.1 Å². The van der Waals surface area contributed by atoms with Gasteiger partial charge in [0.15, 0.2) is 0 Å². The number of rotatable bonds is 9. The van der Waals surface area contributed by atoms with Gasteiger partial charge >= 0.3 is 5.97 Å². The molecule has 0 saturated heterocycles.